The van der Waals surface area contributed by atoms with E-state index in [1.807, 2.05) is 30.3 Å². The monoisotopic (exact) mass is 397 g/mol. The van der Waals surface area contributed by atoms with Crippen LogP contribution in [0.4, 0.5) is 5.95 Å². The van der Waals surface area contributed by atoms with E-state index in [-0.39, 0.29) is 11.6 Å². The first-order chi connectivity index (χ1) is 12.2. The van der Waals surface area contributed by atoms with E-state index in [1.54, 1.807) is 29.5 Å². The first kappa shape index (κ1) is 15.5. The van der Waals surface area contributed by atoms with Gasteiger partial charge in [-0.2, -0.15) is 5.10 Å². The molecule has 0 radical (unpaired) electrons. The Balaban J connectivity index is 1.52. The van der Waals surface area contributed by atoms with Gasteiger partial charge in [0.05, 0.1) is 11.0 Å². The summed E-state index contributed by atoms with van der Waals surface area (Å²) in [4.78, 5) is 20.7. The number of benzene rings is 1. The molecule has 0 aliphatic rings. The molecule has 124 valence electrons. The third-order valence-electron chi connectivity index (χ3n) is 3.50. The highest BCUT2D eigenvalue weighted by Gasteiger charge is 2.19. The van der Waals surface area contributed by atoms with Crippen molar-refractivity contribution < 1.29 is 4.79 Å². The molecule has 0 aliphatic heterocycles. The minimum atomic E-state index is -0.408. The number of carbonyl (C=O) groups excluding carboxylic acids is 1. The molecule has 9 heteroatoms. The summed E-state index contributed by atoms with van der Waals surface area (Å²) in [6.45, 7) is 0.575. The highest BCUT2D eigenvalue weighted by molar-refractivity contribution is 9.10. The zero-order chi connectivity index (χ0) is 17.2. The number of aromatic nitrogens is 6. The van der Waals surface area contributed by atoms with E-state index in [1.165, 1.54) is 4.52 Å². The van der Waals surface area contributed by atoms with Crippen molar-refractivity contribution in [1.82, 2.24) is 29.4 Å². The fourth-order valence-corrected chi connectivity index (χ4v) is 2.91. The minimum Gasteiger partial charge on any atom is -0.288 e. The smallest absolute Gasteiger partial charge is 0.279 e. The molecule has 0 fully saturated rings. The molecular formula is C16H12BrN7O. The van der Waals surface area contributed by atoms with Gasteiger partial charge in [-0.25, -0.2) is 19.2 Å². The van der Waals surface area contributed by atoms with Crippen LogP contribution < -0.4 is 5.32 Å². The van der Waals surface area contributed by atoms with Gasteiger partial charge in [0.25, 0.3) is 5.91 Å². The van der Waals surface area contributed by atoms with E-state index >= 15 is 0 Å². The second kappa shape index (κ2) is 6.44. The standard InChI is InChI=1S/C16H12BrN7O/c17-12-13(21-24-8-4-7-18-14(12)24)15(25)20-16-19-10-23(22-16)9-11-5-2-1-3-6-11/h1-8,10H,9H2,(H,20,22,25). The highest BCUT2D eigenvalue weighted by atomic mass is 79.9. The van der Waals surface area contributed by atoms with Crippen molar-refractivity contribution in [2.24, 2.45) is 0 Å². The molecule has 25 heavy (non-hydrogen) atoms. The van der Waals surface area contributed by atoms with Crippen LogP contribution in [0, 0.1) is 0 Å². The third kappa shape index (κ3) is 3.13. The van der Waals surface area contributed by atoms with E-state index in [0.717, 1.165) is 5.56 Å². The number of halogens is 1. The van der Waals surface area contributed by atoms with Crippen molar-refractivity contribution in [2.45, 2.75) is 6.54 Å². The summed E-state index contributed by atoms with van der Waals surface area (Å²) in [5, 5.41) is 11.1. The maximum atomic E-state index is 12.4. The molecule has 0 saturated carbocycles. The van der Waals surface area contributed by atoms with Crippen LogP contribution in [-0.2, 0) is 6.54 Å². The van der Waals surface area contributed by atoms with E-state index in [0.29, 0.717) is 16.7 Å². The van der Waals surface area contributed by atoms with Crippen molar-refractivity contribution in [2.75, 3.05) is 5.32 Å². The van der Waals surface area contributed by atoms with Crippen molar-refractivity contribution in [3.63, 3.8) is 0 Å². The fraction of sp³-hybridized carbons (Fsp3) is 0.0625. The molecule has 8 nitrogen and oxygen atoms in total. The van der Waals surface area contributed by atoms with E-state index < -0.39 is 5.91 Å². The predicted octanol–water partition coefficient (Wildman–Crippen LogP) is 2.38. The summed E-state index contributed by atoms with van der Waals surface area (Å²) in [6.07, 6.45) is 4.93. The molecule has 0 saturated heterocycles. The van der Waals surface area contributed by atoms with Gasteiger partial charge in [0.15, 0.2) is 11.3 Å². The quantitative estimate of drug-likeness (QED) is 0.570. The molecule has 4 rings (SSSR count). The van der Waals surface area contributed by atoms with Crippen LogP contribution in [0.1, 0.15) is 16.1 Å². The number of amides is 1. The predicted molar refractivity (Wildman–Crippen MR) is 94.2 cm³/mol. The molecule has 1 amide bonds. The Labute approximate surface area is 150 Å². The minimum absolute atomic E-state index is 0.220. The van der Waals surface area contributed by atoms with Crippen LogP contribution in [0.2, 0.25) is 0 Å². The topological polar surface area (TPSA) is 90.0 Å². The lowest BCUT2D eigenvalue weighted by Crippen LogP contribution is -2.14. The van der Waals surface area contributed by atoms with Crippen LogP contribution in [0.25, 0.3) is 5.65 Å². The van der Waals surface area contributed by atoms with Gasteiger partial charge in [0, 0.05) is 12.4 Å². The molecule has 0 aliphatic carbocycles. The Morgan fingerprint density at radius 2 is 1.96 bits per heavy atom. The van der Waals surface area contributed by atoms with Crippen LogP contribution in [0.5, 0.6) is 0 Å². The van der Waals surface area contributed by atoms with Gasteiger partial charge in [0.1, 0.15) is 6.33 Å². The lowest BCUT2D eigenvalue weighted by molar-refractivity contribution is 0.102. The number of nitrogens with one attached hydrogen (secondary N) is 1. The number of rotatable bonds is 4. The molecule has 0 bridgehead atoms. The van der Waals surface area contributed by atoms with Crippen LogP contribution in [-0.4, -0.2) is 35.3 Å². The molecular weight excluding hydrogens is 386 g/mol. The van der Waals surface area contributed by atoms with Gasteiger partial charge < -0.3 is 0 Å². The maximum absolute atomic E-state index is 12.4. The van der Waals surface area contributed by atoms with Gasteiger partial charge in [-0.1, -0.05) is 30.3 Å². The summed E-state index contributed by atoms with van der Waals surface area (Å²) in [5.41, 5.74) is 1.88. The number of anilines is 1. The Kier molecular flexibility index (Phi) is 3.98. The molecule has 4 aromatic rings. The van der Waals surface area contributed by atoms with E-state index in [4.69, 9.17) is 0 Å². The first-order valence-corrected chi connectivity index (χ1v) is 8.23. The Morgan fingerprint density at radius 3 is 2.76 bits per heavy atom. The zero-order valence-corrected chi connectivity index (χ0v) is 14.5. The number of nitrogens with zero attached hydrogens (tertiary/aromatic N) is 6. The van der Waals surface area contributed by atoms with E-state index in [9.17, 15) is 4.79 Å². The van der Waals surface area contributed by atoms with Crippen molar-refractivity contribution in [3.8, 4) is 0 Å². The van der Waals surface area contributed by atoms with Gasteiger partial charge in [0.2, 0.25) is 5.95 Å². The maximum Gasteiger partial charge on any atom is 0.279 e. The summed E-state index contributed by atoms with van der Waals surface area (Å²) in [7, 11) is 0. The second-order valence-electron chi connectivity index (χ2n) is 5.26. The molecule has 3 aromatic heterocycles. The number of hydrogen-bond acceptors (Lipinski definition) is 5. The average molecular weight is 398 g/mol. The molecule has 0 spiro atoms. The van der Waals surface area contributed by atoms with Crippen LogP contribution in [0.15, 0.2) is 59.6 Å². The highest BCUT2D eigenvalue weighted by Crippen LogP contribution is 2.21. The Morgan fingerprint density at radius 1 is 1.12 bits per heavy atom. The normalized spacial score (nSPS) is 10.9. The van der Waals surface area contributed by atoms with Gasteiger partial charge in [-0.15, -0.1) is 5.10 Å². The zero-order valence-electron chi connectivity index (χ0n) is 12.9. The molecule has 0 atom stereocenters. The molecule has 1 aromatic carbocycles. The number of carbonyl (C=O) groups is 1. The summed E-state index contributed by atoms with van der Waals surface area (Å²) < 4.78 is 3.71. The number of hydrogen-bond donors (Lipinski definition) is 1. The first-order valence-electron chi connectivity index (χ1n) is 7.44. The van der Waals surface area contributed by atoms with Crippen molar-refractivity contribution in [3.05, 3.63) is 70.8 Å². The fourth-order valence-electron chi connectivity index (χ4n) is 2.36. The lowest BCUT2D eigenvalue weighted by atomic mass is 10.2. The Hall–Kier alpha value is -3.07. The second-order valence-corrected chi connectivity index (χ2v) is 6.05. The Bertz CT molecular complexity index is 1040. The SMILES string of the molecule is O=C(Nc1ncn(Cc2ccccc2)n1)c1nn2cccnc2c1Br. The summed E-state index contributed by atoms with van der Waals surface area (Å²) >= 11 is 3.36. The summed E-state index contributed by atoms with van der Waals surface area (Å²) in [5.74, 6) is -0.187. The third-order valence-corrected chi connectivity index (χ3v) is 4.23. The summed E-state index contributed by atoms with van der Waals surface area (Å²) in [6, 6.07) is 11.6. The van der Waals surface area contributed by atoms with Crippen molar-refractivity contribution in [1.29, 1.82) is 0 Å². The largest absolute Gasteiger partial charge is 0.288 e. The lowest BCUT2D eigenvalue weighted by Gasteiger charge is -2.00. The van der Waals surface area contributed by atoms with Crippen LogP contribution >= 0.6 is 15.9 Å². The molecule has 0 unspecified atom stereocenters. The van der Waals surface area contributed by atoms with Gasteiger partial charge >= 0.3 is 0 Å². The van der Waals surface area contributed by atoms with E-state index in [2.05, 4.69) is 41.4 Å². The molecule has 1 N–H and O–H groups in total. The number of fused-ring (bicyclic) bond motifs is 1. The van der Waals surface area contributed by atoms with Gasteiger partial charge in [-0.3, -0.25) is 10.1 Å². The van der Waals surface area contributed by atoms with Gasteiger partial charge in [-0.05, 0) is 27.6 Å². The van der Waals surface area contributed by atoms with Crippen LogP contribution in [0.3, 0.4) is 0 Å². The molecule has 3 heterocycles. The van der Waals surface area contributed by atoms with Crippen molar-refractivity contribution >= 4 is 33.4 Å². The average Bonchev–Trinajstić information content (AvgIpc) is 3.20.